The summed E-state index contributed by atoms with van der Waals surface area (Å²) in [6, 6.07) is 12.3. The summed E-state index contributed by atoms with van der Waals surface area (Å²) in [7, 11) is -4.36. The molecule has 0 spiro atoms. The van der Waals surface area contributed by atoms with Crippen LogP contribution in [0.4, 0.5) is 5.69 Å². The summed E-state index contributed by atoms with van der Waals surface area (Å²) < 4.78 is 11.8. The number of aliphatic hydroxyl groups excluding tert-OH is 1. The van der Waals surface area contributed by atoms with Gasteiger partial charge in [-0.25, -0.2) is 0 Å². The Hall–Kier alpha value is -1.36. The van der Waals surface area contributed by atoms with Crippen molar-refractivity contribution in [1.29, 1.82) is 0 Å². The Morgan fingerprint density at radius 2 is 1.68 bits per heavy atom. The Morgan fingerprint density at radius 1 is 1.08 bits per heavy atom. The number of aliphatic hydroxyl groups is 1. The van der Waals surface area contributed by atoms with Gasteiger partial charge < -0.3 is 20.2 Å². The summed E-state index contributed by atoms with van der Waals surface area (Å²) in [6.07, 6.45) is -0.167. The lowest BCUT2D eigenvalue weighted by Crippen LogP contribution is -2.11. The van der Waals surface area contributed by atoms with Crippen LogP contribution in [0.3, 0.4) is 0 Å². The van der Waals surface area contributed by atoms with Crippen molar-refractivity contribution in [3.05, 3.63) is 64.2 Å². The van der Waals surface area contributed by atoms with Crippen molar-refractivity contribution in [2.24, 2.45) is 0 Å². The number of anilines is 1. The van der Waals surface area contributed by atoms with Crippen LogP contribution in [0.5, 0.6) is 0 Å². The summed E-state index contributed by atoms with van der Waals surface area (Å²) in [5.41, 5.74) is 2.96. The molecule has 0 saturated carbocycles. The van der Waals surface area contributed by atoms with E-state index in [0.29, 0.717) is 16.3 Å². The van der Waals surface area contributed by atoms with Crippen LogP contribution in [-0.2, 0) is 4.57 Å². The number of hydrogen-bond donors (Lipinski definition) is 4. The zero-order valence-corrected chi connectivity index (χ0v) is 16.4. The predicted octanol–water partition coefficient (Wildman–Crippen LogP) is 4.63. The molecule has 0 aliphatic carbocycles. The minimum absolute atomic E-state index is 0.167. The molecule has 0 bridgehead atoms. The van der Waals surface area contributed by atoms with E-state index < -0.39 is 13.4 Å². The molecule has 0 aliphatic rings. The van der Waals surface area contributed by atoms with Gasteiger partial charge in [0.15, 0.2) is 5.78 Å². The first-order valence-corrected chi connectivity index (χ1v) is 9.89. The van der Waals surface area contributed by atoms with E-state index in [1.807, 2.05) is 19.9 Å². The summed E-state index contributed by atoms with van der Waals surface area (Å²) >= 11 is 6.05. The molecule has 4 N–H and O–H groups in total. The van der Waals surface area contributed by atoms with Crippen LogP contribution < -0.4 is 5.32 Å². The fraction of sp³-hybridized carbons (Fsp3) is 0.333. The lowest BCUT2D eigenvalue weighted by molar-refractivity contribution is 0.216. The maximum absolute atomic E-state index is 11.8. The van der Waals surface area contributed by atoms with E-state index in [-0.39, 0.29) is 6.10 Å². The molecule has 1 atom stereocenters. The van der Waals surface area contributed by atoms with Crippen molar-refractivity contribution in [3.63, 3.8) is 0 Å². The summed E-state index contributed by atoms with van der Waals surface area (Å²) in [5.74, 6) is -1.10. The number of rotatable bonds is 4. The van der Waals surface area contributed by atoms with Crippen molar-refractivity contribution in [3.8, 4) is 0 Å². The molecule has 0 saturated heterocycles. The Labute approximate surface area is 153 Å². The molecule has 0 heterocycles. The molecule has 2 aromatic rings. The molecule has 0 fully saturated rings. The van der Waals surface area contributed by atoms with Gasteiger partial charge in [-0.05, 0) is 51.0 Å². The highest BCUT2D eigenvalue weighted by Gasteiger charge is 2.30. The molecule has 2 rings (SSSR count). The smallest absolute Gasteiger partial charge is 0.352 e. The summed E-state index contributed by atoms with van der Waals surface area (Å²) in [6.45, 7) is 7.19. The third-order valence-electron chi connectivity index (χ3n) is 3.17. The molecular formula is C18H25ClNO4P. The molecule has 0 amide bonds. The van der Waals surface area contributed by atoms with Crippen molar-refractivity contribution in [1.82, 2.24) is 0 Å². The van der Waals surface area contributed by atoms with E-state index in [4.69, 9.17) is 16.7 Å². The van der Waals surface area contributed by atoms with Gasteiger partial charge in [0.25, 0.3) is 0 Å². The Bertz CT molecular complexity index is 743. The van der Waals surface area contributed by atoms with Crippen molar-refractivity contribution < 1.29 is 19.5 Å². The van der Waals surface area contributed by atoms with E-state index in [1.54, 1.807) is 50.2 Å². The van der Waals surface area contributed by atoms with Gasteiger partial charge >= 0.3 is 7.60 Å². The highest BCUT2D eigenvalue weighted by atomic mass is 35.5. The molecular weight excluding hydrogens is 361 g/mol. The molecule has 5 nitrogen and oxygen atoms in total. The van der Waals surface area contributed by atoms with Crippen LogP contribution in [-0.4, -0.2) is 21.0 Å². The van der Waals surface area contributed by atoms with Crippen LogP contribution in [0.1, 0.15) is 36.3 Å². The van der Waals surface area contributed by atoms with Gasteiger partial charge in [0.2, 0.25) is 0 Å². The Morgan fingerprint density at radius 3 is 2.16 bits per heavy atom. The minimum Gasteiger partial charge on any atom is -0.394 e. The first-order chi connectivity index (χ1) is 11.5. The average molecular weight is 386 g/mol. The number of aryl methyl sites for hydroxylation is 2. The molecule has 0 radical (unpaired) electrons. The van der Waals surface area contributed by atoms with E-state index in [1.165, 1.54) is 0 Å². The maximum atomic E-state index is 11.8. The fourth-order valence-corrected chi connectivity index (χ4v) is 3.09. The highest BCUT2D eigenvalue weighted by Crippen LogP contribution is 2.51. The van der Waals surface area contributed by atoms with Gasteiger partial charge in [-0.15, -0.1) is 0 Å². The standard InChI is InChI=1S/C15H17ClNO3P.C3H8O/c1-10-4-3-5-12(8-10)15(21(18,19)20)17-13-7-6-11(2)14(16)9-13;1-3(2)4/h3-9,15,17H,1-2H3,(H2,18,19,20);3-4H,1-2H3. The van der Waals surface area contributed by atoms with Crippen LogP contribution in [0.15, 0.2) is 42.5 Å². The van der Waals surface area contributed by atoms with Gasteiger partial charge in [0.05, 0.1) is 0 Å². The lowest BCUT2D eigenvalue weighted by Gasteiger charge is -2.22. The fourth-order valence-electron chi connectivity index (χ4n) is 2.04. The number of halogens is 1. The third-order valence-corrected chi connectivity index (χ3v) is 4.68. The first-order valence-electron chi connectivity index (χ1n) is 7.83. The topological polar surface area (TPSA) is 89.8 Å². The first kappa shape index (κ1) is 21.7. The third kappa shape index (κ3) is 7.59. The zero-order valence-electron chi connectivity index (χ0n) is 14.8. The summed E-state index contributed by atoms with van der Waals surface area (Å²) in [5, 5.41) is 11.5. The second-order valence-electron chi connectivity index (χ2n) is 6.11. The number of nitrogens with one attached hydrogen (secondary N) is 1. The van der Waals surface area contributed by atoms with E-state index in [9.17, 15) is 14.4 Å². The molecule has 0 aliphatic heterocycles. The molecule has 138 valence electrons. The zero-order chi connectivity index (χ0) is 19.2. The largest absolute Gasteiger partial charge is 0.394 e. The van der Waals surface area contributed by atoms with Crippen molar-refractivity contribution >= 4 is 24.9 Å². The molecule has 2 aromatic carbocycles. The second kappa shape index (κ2) is 9.37. The van der Waals surface area contributed by atoms with Crippen LogP contribution in [0.2, 0.25) is 5.02 Å². The molecule has 1 unspecified atom stereocenters. The lowest BCUT2D eigenvalue weighted by atomic mass is 10.1. The van der Waals surface area contributed by atoms with Gasteiger partial charge in [-0.2, -0.15) is 0 Å². The molecule has 7 heteroatoms. The molecule has 25 heavy (non-hydrogen) atoms. The minimum atomic E-state index is -4.36. The number of benzene rings is 2. The van der Waals surface area contributed by atoms with Gasteiger partial charge in [0.1, 0.15) is 0 Å². The maximum Gasteiger partial charge on any atom is 0.352 e. The SMILES string of the molecule is CC(C)O.Cc1cccc(C(Nc2ccc(C)c(Cl)c2)P(=O)(O)O)c1. The van der Waals surface area contributed by atoms with Crippen LogP contribution in [0, 0.1) is 13.8 Å². The van der Waals surface area contributed by atoms with E-state index in [0.717, 1.165) is 11.1 Å². The summed E-state index contributed by atoms with van der Waals surface area (Å²) in [4.78, 5) is 19.2. The molecule has 0 aromatic heterocycles. The second-order valence-corrected chi connectivity index (χ2v) is 8.21. The number of hydrogen-bond acceptors (Lipinski definition) is 3. The van der Waals surface area contributed by atoms with E-state index >= 15 is 0 Å². The van der Waals surface area contributed by atoms with Crippen molar-refractivity contribution in [2.75, 3.05) is 5.32 Å². The Kier molecular flexibility index (Phi) is 8.13. The monoisotopic (exact) mass is 385 g/mol. The average Bonchev–Trinajstić information content (AvgIpc) is 2.46. The quantitative estimate of drug-likeness (QED) is 0.576. The van der Waals surface area contributed by atoms with Gasteiger partial charge in [-0.1, -0.05) is 47.5 Å². The van der Waals surface area contributed by atoms with Crippen LogP contribution >= 0.6 is 19.2 Å². The van der Waals surface area contributed by atoms with Crippen LogP contribution in [0.25, 0.3) is 0 Å². The normalized spacial score (nSPS) is 12.4. The van der Waals surface area contributed by atoms with Gasteiger partial charge in [-0.3, -0.25) is 4.57 Å². The Balaban J connectivity index is 0.000000705. The van der Waals surface area contributed by atoms with Crippen molar-refractivity contribution in [2.45, 2.75) is 39.6 Å². The predicted molar refractivity (Wildman–Crippen MR) is 103 cm³/mol. The van der Waals surface area contributed by atoms with Gasteiger partial charge in [0, 0.05) is 16.8 Å². The van der Waals surface area contributed by atoms with E-state index in [2.05, 4.69) is 5.32 Å². The highest BCUT2D eigenvalue weighted by molar-refractivity contribution is 7.52.